The normalized spacial score (nSPS) is 11.0. The number of aromatic nitrogens is 2. The Morgan fingerprint density at radius 2 is 1.90 bits per heavy atom. The zero-order valence-electron chi connectivity index (χ0n) is 17.6. The summed E-state index contributed by atoms with van der Waals surface area (Å²) in [7, 11) is 0. The van der Waals surface area contributed by atoms with Gasteiger partial charge in [-0.25, -0.2) is 9.97 Å². The van der Waals surface area contributed by atoms with Gasteiger partial charge in [0.1, 0.15) is 0 Å². The first-order chi connectivity index (χ1) is 15.0. The third-order valence-electron chi connectivity index (χ3n) is 4.63. The van der Waals surface area contributed by atoms with Crippen LogP contribution in [0.15, 0.2) is 48.7 Å². The van der Waals surface area contributed by atoms with Gasteiger partial charge in [0, 0.05) is 35.0 Å². The Labute approximate surface area is 186 Å². The molecule has 2 aromatic heterocycles. The maximum atomic E-state index is 13.1. The molecule has 0 N–H and O–H groups in total. The molecule has 0 saturated heterocycles. The minimum absolute atomic E-state index is 0.0918. The standard InChI is InChI=1S/C24H25ClF2N2O2/c1-3-6-21-18(12-16-9-10-22(28-15-16)30-11-4-2)14-20(23(29-21)31-24(26)27)17-7-5-8-19(25)13-17/h5,7-10,13-15,24H,3-4,6,11-12H2,1-2H3. The van der Waals surface area contributed by atoms with E-state index in [0.717, 1.165) is 29.7 Å². The third kappa shape index (κ3) is 6.37. The van der Waals surface area contributed by atoms with Gasteiger partial charge in [-0.1, -0.05) is 50.1 Å². The molecule has 3 rings (SSSR count). The van der Waals surface area contributed by atoms with Gasteiger partial charge in [0.15, 0.2) is 0 Å². The van der Waals surface area contributed by atoms with Gasteiger partial charge in [-0.05, 0) is 47.7 Å². The second-order valence-electron chi connectivity index (χ2n) is 7.12. The van der Waals surface area contributed by atoms with E-state index in [1.165, 1.54) is 0 Å². The lowest BCUT2D eigenvalue weighted by Gasteiger charge is -2.16. The van der Waals surface area contributed by atoms with Gasteiger partial charge >= 0.3 is 6.61 Å². The highest BCUT2D eigenvalue weighted by Crippen LogP contribution is 2.34. The Kier molecular flexibility index (Phi) is 8.18. The smallest absolute Gasteiger partial charge is 0.388 e. The number of hydrogen-bond donors (Lipinski definition) is 0. The molecule has 1 aromatic carbocycles. The van der Waals surface area contributed by atoms with Gasteiger partial charge in [-0.15, -0.1) is 0 Å². The average Bonchev–Trinajstić information content (AvgIpc) is 2.74. The second kappa shape index (κ2) is 11.0. The first kappa shape index (κ1) is 22.9. The fourth-order valence-electron chi connectivity index (χ4n) is 3.24. The van der Waals surface area contributed by atoms with Crippen LogP contribution >= 0.6 is 11.6 Å². The number of alkyl halides is 2. The lowest BCUT2D eigenvalue weighted by Crippen LogP contribution is -2.09. The van der Waals surface area contributed by atoms with Crippen LogP contribution in [0.4, 0.5) is 8.78 Å². The van der Waals surface area contributed by atoms with Gasteiger partial charge in [0.05, 0.1) is 6.61 Å². The molecule has 0 saturated carbocycles. The van der Waals surface area contributed by atoms with Crippen molar-refractivity contribution < 1.29 is 18.3 Å². The van der Waals surface area contributed by atoms with Crippen molar-refractivity contribution in [3.8, 4) is 22.9 Å². The number of hydrogen-bond acceptors (Lipinski definition) is 4. The zero-order valence-corrected chi connectivity index (χ0v) is 18.3. The van der Waals surface area contributed by atoms with Crippen molar-refractivity contribution >= 4 is 11.6 Å². The summed E-state index contributed by atoms with van der Waals surface area (Å²) in [5, 5.41) is 0.506. The highest BCUT2D eigenvalue weighted by molar-refractivity contribution is 6.30. The molecule has 31 heavy (non-hydrogen) atoms. The van der Waals surface area contributed by atoms with E-state index in [1.807, 2.05) is 32.0 Å². The molecule has 0 spiro atoms. The van der Waals surface area contributed by atoms with Crippen molar-refractivity contribution in [1.29, 1.82) is 0 Å². The van der Waals surface area contributed by atoms with Crippen LogP contribution in [0, 0.1) is 0 Å². The quantitative estimate of drug-likeness (QED) is 0.346. The van der Waals surface area contributed by atoms with Crippen LogP contribution in [-0.4, -0.2) is 23.2 Å². The molecular formula is C24H25ClF2N2O2. The van der Waals surface area contributed by atoms with E-state index >= 15 is 0 Å². The Bertz CT molecular complexity index is 997. The molecule has 0 unspecified atom stereocenters. The van der Waals surface area contributed by atoms with E-state index < -0.39 is 6.61 Å². The van der Waals surface area contributed by atoms with Crippen LogP contribution in [0.2, 0.25) is 5.02 Å². The Morgan fingerprint density at radius 3 is 2.55 bits per heavy atom. The van der Waals surface area contributed by atoms with Gasteiger partial charge in [0.2, 0.25) is 11.8 Å². The number of ether oxygens (including phenoxy) is 2. The van der Waals surface area contributed by atoms with E-state index in [0.29, 0.717) is 41.5 Å². The van der Waals surface area contributed by atoms with Crippen molar-refractivity contribution in [3.05, 3.63) is 70.5 Å². The predicted molar refractivity (Wildman–Crippen MR) is 118 cm³/mol. The maximum Gasteiger partial charge on any atom is 0.388 e. The van der Waals surface area contributed by atoms with Crippen molar-refractivity contribution in [2.45, 2.75) is 46.1 Å². The second-order valence-corrected chi connectivity index (χ2v) is 7.55. The van der Waals surface area contributed by atoms with Crippen LogP contribution in [0.1, 0.15) is 43.5 Å². The largest absolute Gasteiger partial charge is 0.478 e. The third-order valence-corrected chi connectivity index (χ3v) is 4.86. The number of nitrogens with zero attached hydrogens (tertiary/aromatic N) is 2. The molecule has 0 fully saturated rings. The van der Waals surface area contributed by atoms with E-state index in [1.54, 1.807) is 30.5 Å². The van der Waals surface area contributed by atoms with Crippen molar-refractivity contribution in [3.63, 3.8) is 0 Å². The lowest BCUT2D eigenvalue weighted by molar-refractivity contribution is -0.0525. The minimum atomic E-state index is -2.97. The topological polar surface area (TPSA) is 44.2 Å². The summed E-state index contributed by atoms with van der Waals surface area (Å²) in [5.41, 5.74) is 3.79. The first-order valence-electron chi connectivity index (χ1n) is 10.3. The van der Waals surface area contributed by atoms with Crippen LogP contribution in [-0.2, 0) is 12.8 Å². The van der Waals surface area contributed by atoms with E-state index in [2.05, 4.69) is 9.97 Å². The molecule has 0 aliphatic heterocycles. The molecule has 3 aromatic rings. The fourth-order valence-corrected chi connectivity index (χ4v) is 3.43. The average molecular weight is 447 g/mol. The summed E-state index contributed by atoms with van der Waals surface area (Å²) in [6, 6.07) is 12.7. The van der Waals surface area contributed by atoms with Crippen LogP contribution in [0.3, 0.4) is 0 Å². The summed E-state index contributed by atoms with van der Waals surface area (Å²) in [6.45, 7) is 1.71. The van der Waals surface area contributed by atoms with Crippen LogP contribution in [0.25, 0.3) is 11.1 Å². The van der Waals surface area contributed by atoms with E-state index in [-0.39, 0.29) is 5.88 Å². The number of aryl methyl sites for hydroxylation is 1. The summed E-state index contributed by atoms with van der Waals surface area (Å²) in [6.07, 6.45) is 4.71. The van der Waals surface area contributed by atoms with Crippen LogP contribution in [0.5, 0.6) is 11.8 Å². The van der Waals surface area contributed by atoms with Crippen molar-refractivity contribution in [2.24, 2.45) is 0 Å². The molecule has 2 heterocycles. The summed E-state index contributed by atoms with van der Waals surface area (Å²) < 4.78 is 36.5. The Hall–Kier alpha value is -2.73. The molecule has 0 aliphatic rings. The first-order valence-corrected chi connectivity index (χ1v) is 10.7. The van der Waals surface area contributed by atoms with E-state index in [9.17, 15) is 8.78 Å². The zero-order chi connectivity index (χ0) is 22.2. The Balaban J connectivity index is 2.00. The highest BCUT2D eigenvalue weighted by atomic mass is 35.5. The predicted octanol–water partition coefficient (Wildman–Crippen LogP) is 6.73. The summed E-state index contributed by atoms with van der Waals surface area (Å²) in [4.78, 5) is 8.83. The number of benzene rings is 1. The molecule has 7 heteroatoms. The summed E-state index contributed by atoms with van der Waals surface area (Å²) >= 11 is 6.12. The van der Waals surface area contributed by atoms with Gasteiger partial charge < -0.3 is 9.47 Å². The molecule has 4 nitrogen and oxygen atoms in total. The molecule has 164 valence electrons. The van der Waals surface area contributed by atoms with Gasteiger partial charge in [-0.3, -0.25) is 0 Å². The number of halogens is 3. The maximum absolute atomic E-state index is 13.1. The lowest BCUT2D eigenvalue weighted by atomic mass is 9.97. The fraction of sp³-hybridized carbons (Fsp3) is 0.333. The highest BCUT2D eigenvalue weighted by Gasteiger charge is 2.18. The van der Waals surface area contributed by atoms with E-state index in [4.69, 9.17) is 21.1 Å². The molecular weight excluding hydrogens is 422 g/mol. The Morgan fingerprint density at radius 1 is 1.06 bits per heavy atom. The molecule has 0 radical (unpaired) electrons. The minimum Gasteiger partial charge on any atom is -0.478 e. The van der Waals surface area contributed by atoms with Gasteiger partial charge in [-0.2, -0.15) is 8.78 Å². The molecule has 0 atom stereocenters. The SMILES string of the molecule is CCCOc1ccc(Cc2cc(-c3cccc(Cl)c3)c(OC(F)F)nc2CCC)cn1. The van der Waals surface area contributed by atoms with Crippen molar-refractivity contribution in [2.75, 3.05) is 6.61 Å². The molecule has 0 bridgehead atoms. The van der Waals surface area contributed by atoms with Crippen LogP contribution < -0.4 is 9.47 Å². The van der Waals surface area contributed by atoms with Gasteiger partial charge in [0.25, 0.3) is 0 Å². The molecule has 0 aliphatic carbocycles. The molecule has 0 amide bonds. The number of pyridine rings is 2. The summed E-state index contributed by atoms with van der Waals surface area (Å²) in [5.74, 6) is 0.490. The number of rotatable bonds is 10. The van der Waals surface area contributed by atoms with Crippen molar-refractivity contribution in [1.82, 2.24) is 9.97 Å². The monoisotopic (exact) mass is 446 g/mol.